The highest BCUT2D eigenvalue weighted by atomic mass is 127. The number of carbonyl (C=O) groups is 1. The van der Waals surface area contributed by atoms with Crippen molar-refractivity contribution in [3.8, 4) is 11.5 Å². The van der Waals surface area contributed by atoms with E-state index in [1.807, 2.05) is 50.2 Å². The summed E-state index contributed by atoms with van der Waals surface area (Å²) in [6.07, 6.45) is 0. The minimum atomic E-state index is -0.204. The van der Waals surface area contributed by atoms with Crippen LogP contribution in [0.2, 0.25) is 0 Å². The molecule has 5 heteroatoms. The van der Waals surface area contributed by atoms with Crippen LogP contribution in [-0.2, 0) is 0 Å². The Balaban J connectivity index is 2.24. The summed E-state index contributed by atoms with van der Waals surface area (Å²) < 4.78 is 11.6. The Labute approximate surface area is 150 Å². The zero-order chi connectivity index (χ0) is 17.0. The van der Waals surface area contributed by atoms with E-state index in [0.717, 1.165) is 26.2 Å². The van der Waals surface area contributed by atoms with Gasteiger partial charge in [0.15, 0.2) is 0 Å². The van der Waals surface area contributed by atoms with Crippen molar-refractivity contribution in [2.24, 2.45) is 0 Å². The third-order valence-corrected chi connectivity index (χ3v) is 4.51. The Morgan fingerprint density at radius 1 is 1.13 bits per heavy atom. The quantitative estimate of drug-likeness (QED) is 0.734. The van der Waals surface area contributed by atoms with Gasteiger partial charge in [0.25, 0.3) is 5.91 Å². The predicted octanol–water partition coefficient (Wildman–Crippen LogP) is 4.11. The Morgan fingerprint density at radius 2 is 1.87 bits per heavy atom. The number of rotatable bonds is 5. The fraction of sp³-hybridized carbons (Fsp3) is 0.278. The molecule has 2 aromatic rings. The van der Waals surface area contributed by atoms with E-state index < -0.39 is 0 Å². The molecule has 0 fully saturated rings. The maximum atomic E-state index is 12.5. The number of amides is 1. The van der Waals surface area contributed by atoms with Crippen LogP contribution in [0.3, 0.4) is 0 Å². The lowest BCUT2D eigenvalue weighted by Crippen LogP contribution is -2.27. The van der Waals surface area contributed by atoms with Gasteiger partial charge in [-0.1, -0.05) is 11.6 Å². The van der Waals surface area contributed by atoms with E-state index >= 15 is 0 Å². The lowest BCUT2D eigenvalue weighted by atomic mass is 10.1. The van der Waals surface area contributed by atoms with Crippen LogP contribution in [0.5, 0.6) is 11.5 Å². The minimum absolute atomic E-state index is 0.105. The molecule has 122 valence electrons. The first kappa shape index (κ1) is 17.6. The zero-order valence-corrected chi connectivity index (χ0v) is 15.8. The summed E-state index contributed by atoms with van der Waals surface area (Å²) in [5.41, 5.74) is 2.68. The maximum Gasteiger partial charge on any atom is 0.252 e. The van der Waals surface area contributed by atoms with E-state index in [2.05, 4.69) is 27.9 Å². The molecule has 2 aromatic carbocycles. The third kappa shape index (κ3) is 4.16. The Hall–Kier alpha value is -1.76. The highest BCUT2D eigenvalue weighted by molar-refractivity contribution is 14.1. The third-order valence-electron chi connectivity index (χ3n) is 3.62. The SMILES string of the molecule is COc1ccc(OC)c([C@H](C)NC(=O)c2ccc(C)cc2I)c1. The molecular formula is C18H20INO3. The van der Waals surface area contributed by atoms with Crippen LogP contribution >= 0.6 is 22.6 Å². The van der Waals surface area contributed by atoms with Gasteiger partial charge in [0.05, 0.1) is 25.8 Å². The smallest absolute Gasteiger partial charge is 0.252 e. The second-order valence-corrected chi connectivity index (χ2v) is 6.45. The van der Waals surface area contributed by atoms with Gasteiger partial charge in [-0.15, -0.1) is 0 Å². The van der Waals surface area contributed by atoms with Crippen LogP contribution < -0.4 is 14.8 Å². The number of hydrogen-bond donors (Lipinski definition) is 1. The van der Waals surface area contributed by atoms with Gasteiger partial charge in [0.1, 0.15) is 11.5 Å². The van der Waals surface area contributed by atoms with Crippen LogP contribution in [0.25, 0.3) is 0 Å². The van der Waals surface area contributed by atoms with Crippen LogP contribution in [-0.4, -0.2) is 20.1 Å². The van der Waals surface area contributed by atoms with Gasteiger partial charge in [0, 0.05) is 9.13 Å². The van der Waals surface area contributed by atoms with E-state index in [4.69, 9.17) is 9.47 Å². The molecule has 0 saturated carbocycles. The number of hydrogen-bond acceptors (Lipinski definition) is 3. The van der Waals surface area contributed by atoms with Crippen molar-refractivity contribution < 1.29 is 14.3 Å². The molecule has 0 bridgehead atoms. The van der Waals surface area contributed by atoms with Gasteiger partial charge in [0.2, 0.25) is 0 Å². The minimum Gasteiger partial charge on any atom is -0.497 e. The van der Waals surface area contributed by atoms with Crippen molar-refractivity contribution in [1.82, 2.24) is 5.32 Å². The number of aryl methyl sites for hydroxylation is 1. The standard InChI is InChI=1S/C18H20INO3/c1-11-5-7-14(16(19)9-11)18(21)20-12(2)15-10-13(22-3)6-8-17(15)23-4/h5-10,12H,1-4H3,(H,20,21)/t12-/m0/s1. The molecule has 23 heavy (non-hydrogen) atoms. The summed E-state index contributed by atoms with van der Waals surface area (Å²) in [7, 11) is 3.23. The number of nitrogens with one attached hydrogen (secondary N) is 1. The summed E-state index contributed by atoms with van der Waals surface area (Å²) in [5.74, 6) is 1.34. The largest absolute Gasteiger partial charge is 0.497 e. The van der Waals surface area contributed by atoms with Gasteiger partial charge in [-0.3, -0.25) is 4.79 Å². The molecule has 0 aliphatic carbocycles. The second kappa shape index (κ2) is 7.68. The van der Waals surface area contributed by atoms with Gasteiger partial charge in [-0.2, -0.15) is 0 Å². The summed E-state index contributed by atoms with van der Waals surface area (Å²) in [4.78, 5) is 12.5. The Kier molecular flexibility index (Phi) is 5.87. The zero-order valence-electron chi connectivity index (χ0n) is 13.6. The van der Waals surface area contributed by atoms with Crippen molar-refractivity contribution in [3.63, 3.8) is 0 Å². The topological polar surface area (TPSA) is 47.6 Å². The summed E-state index contributed by atoms with van der Waals surface area (Å²) in [6, 6.07) is 11.1. The van der Waals surface area contributed by atoms with E-state index in [1.54, 1.807) is 14.2 Å². The van der Waals surface area contributed by atoms with Crippen molar-refractivity contribution in [3.05, 3.63) is 56.7 Å². The first-order valence-corrected chi connectivity index (χ1v) is 8.33. The molecule has 0 aromatic heterocycles. The number of halogens is 1. The second-order valence-electron chi connectivity index (χ2n) is 5.29. The van der Waals surface area contributed by atoms with E-state index in [9.17, 15) is 4.79 Å². The highest BCUT2D eigenvalue weighted by Crippen LogP contribution is 2.29. The van der Waals surface area contributed by atoms with Crippen LogP contribution in [0, 0.1) is 10.5 Å². The van der Waals surface area contributed by atoms with Gasteiger partial charge in [-0.05, 0) is 66.8 Å². The van der Waals surface area contributed by atoms with E-state index in [1.165, 1.54) is 0 Å². The lowest BCUT2D eigenvalue weighted by molar-refractivity contribution is 0.0938. The molecule has 0 aliphatic rings. The molecule has 4 nitrogen and oxygen atoms in total. The average Bonchev–Trinajstić information content (AvgIpc) is 2.53. The summed E-state index contributed by atoms with van der Waals surface area (Å²) in [5, 5.41) is 3.02. The molecule has 0 saturated heterocycles. The number of benzene rings is 2. The monoisotopic (exact) mass is 425 g/mol. The molecule has 0 heterocycles. The predicted molar refractivity (Wildman–Crippen MR) is 99.3 cm³/mol. The molecule has 1 atom stereocenters. The molecule has 0 aliphatic heterocycles. The van der Waals surface area contributed by atoms with Crippen molar-refractivity contribution in [1.29, 1.82) is 0 Å². The van der Waals surface area contributed by atoms with Crippen molar-refractivity contribution >= 4 is 28.5 Å². The van der Waals surface area contributed by atoms with Crippen LogP contribution in [0.15, 0.2) is 36.4 Å². The van der Waals surface area contributed by atoms with Gasteiger partial charge < -0.3 is 14.8 Å². The van der Waals surface area contributed by atoms with Crippen molar-refractivity contribution in [2.45, 2.75) is 19.9 Å². The number of ether oxygens (including phenoxy) is 2. The molecule has 0 radical (unpaired) electrons. The maximum absolute atomic E-state index is 12.5. The van der Waals surface area contributed by atoms with Gasteiger partial charge >= 0.3 is 0 Å². The van der Waals surface area contributed by atoms with E-state index in [0.29, 0.717) is 5.56 Å². The Morgan fingerprint density at radius 3 is 2.48 bits per heavy atom. The molecule has 0 spiro atoms. The molecule has 2 rings (SSSR count). The lowest BCUT2D eigenvalue weighted by Gasteiger charge is -2.18. The summed E-state index contributed by atoms with van der Waals surface area (Å²) in [6.45, 7) is 3.93. The average molecular weight is 425 g/mol. The summed E-state index contributed by atoms with van der Waals surface area (Å²) >= 11 is 2.18. The number of methoxy groups -OCH3 is 2. The molecular weight excluding hydrogens is 405 g/mol. The molecule has 1 amide bonds. The van der Waals surface area contributed by atoms with Crippen LogP contribution in [0.1, 0.15) is 34.5 Å². The normalized spacial score (nSPS) is 11.7. The fourth-order valence-electron chi connectivity index (χ4n) is 2.33. The van der Waals surface area contributed by atoms with Gasteiger partial charge in [-0.25, -0.2) is 0 Å². The highest BCUT2D eigenvalue weighted by Gasteiger charge is 2.17. The first-order chi connectivity index (χ1) is 11.0. The Bertz CT molecular complexity index is 715. The van der Waals surface area contributed by atoms with E-state index in [-0.39, 0.29) is 11.9 Å². The molecule has 0 unspecified atom stereocenters. The van der Waals surface area contributed by atoms with Crippen molar-refractivity contribution in [2.75, 3.05) is 14.2 Å². The first-order valence-electron chi connectivity index (χ1n) is 7.25. The molecule has 1 N–H and O–H groups in total. The fourth-order valence-corrected chi connectivity index (χ4v) is 3.25. The number of carbonyl (C=O) groups excluding carboxylic acids is 1. The van der Waals surface area contributed by atoms with Crippen LogP contribution in [0.4, 0.5) is 0 Å².